The van der Waals surface area contributed by atoms with E-state index in [1.165, 1.54) is 11.1 Å². The van der Waals surface area contributed by atoms with Crippen molar-refractivity contribution in [2.24, 2.45) is 12.0 Å². The van der Waals surface area contributed by atoms with Crippen LogP contribution in [0.25, 0.3) is 5.69 Å². The van der Waals surface area contributed by atoms with Crippen molar-refractivity contribution in [1.29, 1.82) is 0 Å². The number of guanidine groups is 1. The van der Waals surface area contributed by atoms with Crippen LogP contribution in [0.3, 0.4) is 0 Å². The standard InChI is InChI=1S/C21H29N7/c1-16(2)20-18(14-27(5)25-20)13-26(4)21(22-3)24-12-17-8-6-7-9-19(17)28-11-10-23-15-28/h6-11,14-16H,12-13H2,1-5H3,(H,22,24). The van der Waals surface area contributed by atoms with Gasteiger partial charge in [0, 0.05) is 58.4 Å². The molecule has 1 N–H and O–H groups in total. The van der Waals surface area contributed by atoms with Gasteiger partial charge in [-0.15, -0.1) is 0 Å². The van der Waals surface area contributed by atoms with Crippen LogP contribution in [0.4, 0.5) is 0 Å². The molecule has 0 aliphatic heterocycles. The fourth-order valence-electron chi connectivity index (χ4n) is 3.37. The number of benzene rings is 1. The topological polar surface area (TPSA) is 63.3 Å². The molecule has 148 valence electrons. The summed E-state index contributed by atoms with van der Waals surface area (Å²) in [7, 11) is 5.83. The van der Waals surface area contributed by atoms with Gasteiger partial charge in [-0.2, -0.15) is 5.10 Å². The molecule has 7 heteroatoms. The summed E-state index contributed by atoms with van der Waals surface area (Å²) in [5.41, 5.74) is 4.65. The lowest BCUT2D eigenvalue weighted by Gasteiger charge is -2.23. The average Bonchev–Trinajstić information content (AvgIpc) is 3.32. The predicted octanol–water partition coefficient (Wildman–Crippen LogP) is 2.94. The maximum Gasteiger partial charge on any atom is 0.193 e. The Morgan fingerprint density at radius 3 is 2.71 bits per heavy atom. The van der Waals surface area contributed by atoms with Crippen LogP contribution >= 0.6 is 0 Å². The molecule has 0 saturated carbocycles. The summed E-state index contributed by atoms with van der Waals surface area (Å²) in [4.78, 5) is 10.7. The second-order valence-corrected chi connectivity index (χ2v) is 7.22. The second-order valence-electron chi connectivity index (χ2n) is 7.22. The Kier molecular flexibility index (Phi) is 6.13. The van der Waals surface area contributed by atoms with E-state index >= 15 is 0 Å². The molecule has 0 amide bonds. The maximum absolute atomic E-state index is 4.60. The van der Waals surface area contributed by atoms with Crippen molar-refractivity contribution in [2.45, 2.75) is 32.9 Å². The van der Waals surface area contributed by atoms with E-state index in [9.17, 15) is 0 Å². The predicted molar refractivity (Wildman–Crippen MR) is 113 cm³/mol. The van der Waals surface area contributed by atoms with Gasteiger partial charge < -0.3 is 14.8 Å². The van der Waals surface area contributed by atoms with Crippen LogP contribution in [0.15, 0.2) is 54.2 Å². The quantitative estimate of drug-likeness (QED) is 0.528. The van der Waals surface area contributed by atoms with E-state index in [4.69, 9.17) is 0 Å². The van der Waals surface area contributed by atoms with E-state index in [-0.39, 0.29) is 0 Å². The van der Waals surface area contributed by atoms with Gasteiger partial charge in [0.2, 0.25) is 0 Å². The van der Waals surface area contributed by atoms with Gasteiger partial charge in [-0.05, 0) is 17.5 Å². The molecule has 3 rings (SSSR count). The summed E-state index contributed by atoms with van der Waals surface area (Å²) < 4.78 is 3.91. The van der Waals surface area contributed by atoms with Crippen molar-refractivity contribution in [2.75, 3.05) is 14.1 Å². The van der Waals surface area contributed by atoms with Crippen molar-refractivity contribution >= 4 is 5.96 Å². The van der Waals surface area contributed by atoms with Crippen molar-refractivity contribution in [1.82, 2.24) is 29.5 Å². The van der Waals surface area contributed by atoms with Gasteiger partial charge in [0.25, 0.3) is 0 Å². The van der Waals surface area contributed by atoms with Gasteiger partial charge in [0.05, 0.1) is 17.7 Å². The Morgan fingerprint density at radius 2 is 2.04 bits per heavy atom. The molecule has 1 aromatic carbocycles. The van der Waals surface area contributed by atoms with E-state index in [2.05, 4.69) is 63.5 Å². The molecule has 0 saturated heterocycles. The molecule has 3 aromatic rings. The molecule has 28 heavy (non-hydrogen) atoms. The van der Waals surface area contributed by atoms with E-state index in [1.807, 2.05) is 49.0 Å². The molecule has 0 spiro atoms. The molecule has 0 bridgehead atoms. The lowest BCUT2D eigenvalue weighted by atomic mass is 10.1. The Balaban J connectivity index is 1.71. The monoisotopic (exact) mass is 379 g/mol. The van der Waals surface area contributed by atoms with E-state index in [0.717, 1.165) is 23.9 Å². The number of aryl methyl sites for hydroxylation is 1. The zero-order valence-electron chi connectivity index (χ0n) is 17.3. The Morgan fingerprint density at radius 1 is 1.25 bits per heavy atom. The van der Waals surface area contributed by atoms with Crippen LogP contribution in [0.2, 0.25) is 0 Å². The normalized spacial score (nSPS) is 11.9. The molecule has 2 heterocycles. The lowest BCUT2D eigenvalue weighted by molar-refractivity contribution is 0.473. The van der Waals surface area contributed by atoms with E-state index in [0.29, 0.717) is 12.5 Å². The number of rotatable bonds is 6. The highest BCUT2D eigenvalue weighted by Crippen LogP contribution is 2.19. The van der Waals surface area contributed by atoms with Crippen LogP contribution in [-0.2, 0) is 20.1 Å². The van der Waals surface area contributed by atoms with Crippen LogP contribution in [0.5, 0.6) is 0 Å². The van der Waals surface area contributed by atoms with Crippen LogP contribution < -0.4 is 5.32 Å². The van der Waals surface area contributed by atoms with Gasteiger partial charge in [-0.3, -0.25) is 9.67 Å². The van der Waals surface area contributed by atoms with Gasteiger partial charge in [-0.1, -0.05) is 32.0 Å². The molecule has 2 aromatic heterocycles. The number of aromatic nitrogens is 4. The van der Waals surface area contributed by atoms with Crippen molar-refractivity contribution in [3.8, 4) is 5.69 Å². The van der Waals surface area contributed by atoms with Crippen molar-refractivity contribution in [3.63, 3.8) is 0 Å². The lowest BCUT2D eigenvalue weighted by Crippen LogP contribution is -2.38. The minimum atomic E-state index is 0.390. The minimum absolute atomic E-state index is 0.390. The van der Waals surface area contributed by atoms with E-state index in [1.54, 1.807) is 6.20 Å². The summed E-state index contributed by atoms with van der Waals surface area (Å²) in [6.07, 6.45) is 7.65. The summed E-state index contributed by atoms with van der Waals surface area (Å²) >= 11 is 0. The molecule has 0 unspecified atom stereocenters. The first-order valence-electron chi connectivity index (χ1n) is 9.50. The third-order valence-electron chi connectivity index (χ3n) is 4.68. The fourth-order valence-corrected chi connectivity index (χ4v) is 3.37. The summed E-state index contributed by atoms with van der Waals surface area (Å²) in [5.74, 6) is 1.24. The average molecular weight is 380 g/mol. The summed E-state index contributed by atoms with van der Waals surface area (Å²) in [5, 5.41) is 8.08. The molecule has 0 fully saturated rings. The molecular formula is C21H29N7. The Bertz CT molecular complexity index is 922. The van der Waals surface area contributed by atoms with Crippen molar-refractivity contribution in [3.05, 3.63) is 66.0 Å². The number of hydrogen-bond acceptors (Lipinski definition) is 3. The maximum atomic E-state index is 4.60. The first-order chi connectivity index (χ1) is 13.5. The Labute approximate surface area is 166 Å². The molecule has 7 nitrogen and oxygen atoms in total. The number of nitrogens with one attached hydrogen (secondary N) is 1. The molecule has 0 atom stereocenters. The van der Waals surface area contributed by atoms with Crippen LogP contribution in [0, 0.1) is 0 Å². The van der Waals surface area contributed by atoms with Crippen LogP contribution in [-0.4, -0.2) is 44.3 Å². The smallest absolute Gasteiger partial charge is 0.193 e. The van der Waals surface area contributed by atoms with Gasteiger partial charge in [-0.25, -0.2) is 4.98 Å². The third-order valence-corrected chi connectivity index (χ3v) is 4.68. The zero-order valence-corrected chi connectivity index (χ0v) is 17.3. The van der Waals surface area contributed by atoms with Gasteiger partial charge in [0.15, 0.2) is 5.96 Å². The highest BCUT2D eigenvalue weighted by molar-refractivity contribution is 5.79. The van der Waals surface area contributed by atoms with Crippen LogP contribution in [0.1, 0.15) is 36.6 Å². The summed E-state index contributed by atoms with van der Waals surface area (Å²) in [6.45, 7) is 5.78. The highest BCUT2D eigenvalue weighted by Gasteiger charge is 2.15. The highest BCUT2D eigenvalue weighted by atomic mass is 15.3. The largest absolute Gasteiger partial charge is 0.352 e. The van der Waals surface area contributed by atoms with E-state index < -0.39 is 0 Å². The number of imidazole rings is 1. The molecule has 0 aliphatic rings. The third kappa shape index (κ3) is 4.42. The van der Waals surface area contributed by atoms with Gasteiger partial charge >= 0.3 is 0 Å². The first-order valence-corrected chi connectivity index (χ1v) is 9.50. The molecule has 0 radical (unpaired) electrons. The van der Waals surface area contributed by atoms with Gasteiger partial charge in [0.1, 0.15) is 0 Å². The second kappa shape index (κ2) is 8.73. The summed E-state index contributed by atoms with van der Waals surface area (Å²) in [6, 6.07) is 8.30. The van der Waals surface area contributed by atoms with Crippen molar-refractivity contribution < 1.29 is 0 Å². The molecular weight excluding hydrogens is 350 g/mol. The number of nitrogens with zero attached hydrogens (tertiary/aromatic N) is 6. The molecule has 0 aliphatic carbocycles. The Hall–Kier alpha value is -3.09. The number of aliphatic imine (C=N–C) groups is 1. The SMILES string of the molecule is CN=C(NCc1ccccc1-n1ccnc1)N(C)Cc1cn(C)nc1C(C)C. The zero-order chi connectivity index (χ0) is 20.1. The number of para-hydroxylation sites is 1. The number of hydrogen-bond donors (Lipinski definition) is 1. The first kappa shape index (κ1) is 19.7. The fraction of sp³-hybridized carbons (Fsp3) is 0.381. The minimum Gasteiger partial charge on any atom is -0.352 e.